The summed E-state index contributed by atoms with van der Waals surface area (Å²) in [6, 6.07) is 0. The number of halogens is 1. The van der Waals surface area contributed by atoms with Gasteiger partial charge in [0.05, 0.1) is 0 Å². The fraction of sp³-hybridized carbons (Fsp3) is 0.833. The van der Waals surface area contributed by atoms with Crippen LogP contribution in [0.2, 0.25) is 0 Å². The maximum absolute atomic E-state index is 4.48. The molecule has 6 heteroatoms. The van der Waals surface area contributed by atoms with E-state index in [0.29, 0.717) is 0 Å². The Kier molecular flexibility index (Phi) is 5.40. The van der Waals surface area contributed by atoms with Crippen molar-refractivity contribution in [3.63, 3.8) is 0 Å². The standard InChI is InChI=1S/C6H13N3S2.ClH/c1-8(2)5-7-6(9(3)4)11-10-5;/h5H,1-4H3;1H. The van der Waals surface area contributed by atoms with Gasteiger partial charge in [0.1, 0.15) is 0 Å². The molecule has 1 aliphatic heterocycles. The SMILES string of the molecule is CN(C)C1=NC(N(C)C)SS1.Cl. The Morgan fingerprint density at radius 3 is 2.08 bits per heavy atom. The third-order valence-corrected chi connectivity index (χ3v) is 3.92. The van der Waals surface area contributed by atoms with Crippen LogP contribution in [0.5, 0.6) is 0 Å². The lowest BCUT2D eigenvalue weighted by Gasteiger charge is -2.12. The first kappa shape index (κ1) is 12.4. The van der Waals surface area contributed by atoms with E-state index in [0.717, 1.165) is 5.17 Å². The van der Waals surface area contributed by atoms with E-state index >= 15 is 0 Å². The highest BCUT2D eigenvalue weighted by atomic mass is 35.5. The quantitative estimate of drug-likeness (QED) is 0.633. The van der Waals surface area contributed by atoms with Crippen LogP contribution in [0.4, 0.5) is 0 Å². The van der Waals surface area contributed by atoms with Gasteiger partial charge in [0.15, 0.2) is 10.7 Å². The van der Waals surface area contributed by atoms with Gasteiger partial charge in [-0.05, 0) is 35.7 Å². The predicted molar refractivity (Wildman–Crippen MR) is 61.0 cm³/mol. The molecule has 0 aromatic carbocycles. The molecule has 1 heterocycles. The van der Waals surface area contributed by atoms with E-state index < -0.39 is 0 Å². The molecule has 0 aromatic rings. The normalized spacial score (nSPS) is 22.1. The Labute approximate surface area is 87.8 Å². The highest BCUT2D eigenvalue weighted by Crippen LogP contribution is 2.37. The summed E-state index contributed by atoms with van der Waals surface area (Å²) in [4.78, 5) is 8.63. The van der Waals surface area contributed by atoms with Crippen LogP contribution >= 0.6 is 34.0 Å². The predicted octanol–water partition coefficient (Wildman–Crippen LogP) is 1.57. The summed E-state index contributed by atoms with van der Waals surface area (Å²) in [7, 11) is 11.6. The molecule has 72 valence electrons. The molecule has 0 saturated heterocycles. The first-order valence-corrected chi connectivity index (χ1v) is 5.57. The minimum atomic E-state index is 0. The fourth-order valence-corrected chi connectivity index (χ4v) is 3.20. The van der Waals surface area contributed by atoms with Crippen molar-refractivity contribution < 1.29 is 0 Å². The van der Waals surface area contributed by atoms with E-state index in [-0.39, 0.29) is 17.9 Å². The molecular weight excluding hydrogens is 214 g/mol. The van der Waals surface area contributed by atoms with Crippen molar-refractivity contribution in [2.45, 2.75) is 5.50 Å². The molecule has 12 heavy (non-hydrogen) atoms. The van der Waals surface area contributed by atoms with Gasteiger partial charge >= 0.3 is 0 Å². The average Bonchev–Trinajstić information content (AvgIpc) is 2.33. The third-order valence-electron chi connectivity index (χ3n) is 1.25. The second-order valence-corrected chi connectivity index (χ2v) is 5.00. The molecule has 0 radical (unpaired) electrons. The first-order chi connectivity index (χ1) is 5.11. The monoisotopic (exact) mass is 227 g/mol. The minimum Gasteiger partial charge on any atom is -0.357 e. The van der Waals surface area contributed by atoms with Crippen molar-refractivity contribution >= 4 is 39.2 Å². The van der Waals surface area contributed by atoms with Crippen LogP contribution in [0.1, 0.15) is 0 Å². The molecule has 0 spiro atoms. The molecule has 0 bridgehead atoms. The maximum Gasteiger partial charge on any atom is 0.172 e. The summed E-state index contributed by atoms with van der Waals surface area (Å²) >= 11 is 0. The molecule has 1 aliphatic rings. The van der Waals surface area contributed by atoms with Crippen LogP contribution in [0.25, 0.3) is 0 Å². The van der Waals surface area contributed by atoms with Crippen molar-refractivity contribution in [1.29, 1.82) is 0 Å². The van der Waals surface area contributed by atoms with E-state index in [1.54, 1.807) is 21.6 Å². The second kappa shape index (κ2) is 5.21. The van der Waals surface area contributed by atoms with E-state index in [1.165, 1.54) is 0 Å². The number of rotatable bonds is 1. The molecule has 0 amide bonds. The van der Waals surface area contributed by atoms with Crippen LogP contribution < -0.4 is 0 Å². The average molecular weight is 228 g/mol. The summed E-state index contributed by atoms with van der Waals surface area (Å²) in [5, 5.41) is 1.11. The van der Waals surface area contributed by atoms with Crippen molar-refractivity contribution in [2.75, 3.05) is 28.2 Å². The highest BCUT2D eigenvalue weighted by molar-refractivity contribution is 8.82. The van der Waals surface area contributed by atoms with Gasteiger partial charge in [-0.15, -0.1) is 12.4 Å². The lowest BCUT2D eigenvalue weighted by Crippen LogP contribution is -2.22. The lowest BCUT2D eigenvalue weighted by atomic mass is 10.8. The van der Waals surface area contributed by atoms with Crippen molar-refractivity contribution in [1.82, 2.24) is 9.80 Å². The Bertz CT molecular complexity index is 172. The minimum absolute atomic E-state index is 0. The van der Waals surface area contributed by atoms with Crippen LogP contribution in [0.3, 0.4) is 0 Å². The smallest absolute Gasteiger partial charge is 0.172 e. The molecule has 3 nitrogen and oxygen atoms in total. The van der Waals surface area contributed by atoms with E-state index in [2.05, 4.69) is 9.89 Å². The zero-order valence-electron chi connectivity index (χ0n) is 7.64. The van der Waals surface area contributed by atoms with Gasteiger partial charge in [-0.2, -0.15) is 0 Å². The lowest BCUT2D eigenvalue weighted by molar-refractivity contribution is 0.392. The van der Waals surface area contributed by atoms with Gasteiger partial charge in [-0.25, -0.2) is 4.99 Å². The number of hydrogen-bond donors (Lipinski definition) is 0. The number of aliphatic imine (C=N–C) groups is 1. The molecular formula is C6H14ClN3S2. The molecule has 0 aromatic heterocycles. The van der Waals surface area contributed by atoms with Gasteiger partial charge in [-0.1, -0.05) is 0 Å². The molecule has 0 saturated carbocycles. The van der Waals surface area contributed by atoms with E-state index in [9.17, 15) is 0 Å². The third kappa shape index (κ3) is 3.05. The van der Waals surface area contributed by atoms with E-state index in [4.69, 9.17) is 0 Å². The summed E-state index contributed by atoms with van der Waals surface area (Å²) in [5.74, 6) is 0. The zero-order chi connectivity index (χ0) is 8.43. The molecule has 0 N–H and O–H groups in total. The van der Waals surface area contributed by atoms with Crippen molar-refractivity contribution in [3.05, 3.63) is 0 Å². The first-order valence-electron chi connectivity index (χ1n) is 3.36. The fourth-order valence-electron chi connectivity index (χ4n) is 0.615. The maximum atomic E-state index is 4.48. The van der Waals surface area contributed by atoms with Crippen LogP contribution in [-0.4, -0.2) is 48.7 Å². The summed E-state index contributed by atoms with van der Waals surface area (Å²) in [6.45, 7) is 0. The summed E-state index contributed by atoms with van der Waals surface area (Å²) in [5.41, 5.74) is 0.289. The number of hydrogen-bond acceptors (Lipinski definition) is 5. The number of amidine groups is 1. The zero-order valence-corrected chi connectivity index (χ0v) is 10.1. The van der Waals surface area contributed by atoms with Gasteiger partial charge in [0.2, 0.25) is 0 Å². The molecule has 1 atom stereocenters. The summed E-state index contributed by atoms with van der Waals surface area (Å²) in [6.07, 6.45) is 0. The Hall–Kier alpha value is 0.420. The van der Waals surface area contributed by atoms with Crippen molar-refractivity contribution in [2.24, 2.45) is 4.99 Å². The van der Waals surface area contributed by atoms with Gasteiger partial charge < -0.3 is 4.90 Å². The Morgan fingerprint density at radius 2 is 1.83 bits per heavy atom. The Balaban J connectivity index is 0.00000121. The van der Waals surface area contributed by atoms with Gasteiger partial charge in [-0.3, -0.25) is 4.90 Å². The van der Waals surface area contributed by atoms with Crippen LogP contribution in [0, 0.1) is 0 Å². The molecule has 1 rings (SSSR count). The molecule has 0 fully saturated rings. The number of nitrogens with zero attached hydrogens (tertiary/aromatic N) is 3. The highest BCUT2D eigenvalue weighted by Gasteiger charge is 2.21. The largest absolute Gasteiger partial charge is 0.357 e. The topological polar surface area (TPSA) is 18.8 Å². The molecule has 1 unspecified atom stereocenters. The summed E-state index contributed by atoms with van der Waals surface area (Å²) < 4.78 is 0. The molecule has 0 aliphatic carbocycles. The Morgan fingerprint density at radius 1 is 1.25 bits per heavy atom. The van der Waals surface area contributed by atoms with Crippen LogP contribution in [-0.2, 0) is 0 Å². The van der Waals surface area contributed by atoms with E-state index in [1.807, 2.05) is 33.1 Å². The van der Waals surface area contributed by atoms with Crippen molar-refractivity contribution in [3.8, 4) is 0 Å². The second-order valence-electron chi connectivity index (χ2n) is 2.78. The van der Waals surface area contributed by atoms with Crippen LogP contribution in [0.15, 0.2) is 4.99 Å². The van der Waals surface area contributed by atoms with Gasteiger partial charge in [0, 0.05) is 14.1 Å². The van der Waals surface area contributed by atoms with Gasteiger partial charge in [0.25, 0.3) is 0 Å².